The molecule has 2 atom stereocenters. The van der Waals surface area contributed by atoms with E-state index in [1.807, 2.05) is 0 Å². The first-order valence-electron chi connectivity index (χ1n) is 8.52. The summed E-state index contributed by atoms with van der Waals surface area (Å²) in [5.41, 5.74) is 0. The zero-order valence-electron chi connectivity index (χ0n) is 13.3. The third kappa shape index (κ3) is 7.07. The van der Waals surface area contributed by atoms with Crippen LogP contribution in [-0.4, -0.2) is 29.6 Å². The first-order valence-corrected chi connectivity index (χ1v) is 8.52. The molecule has 0 saturated carbocycles. The molecule has 21 heavy (non-hydrogen) atoms. The highest BCUT2D eigenvalue weighted by atomic mass is 16.6. The standard InChI is InChI=1S/C17H30O4/c1-2-3-4-5-6-7-8-9-10-11-15(19)14-12-17(20)21-16(14)13-18/h14,16,18H,2-13H2,1H3/t14-,16+/m0/s1. The molecule has 4 heteroatoms. The van der Waals surface area contributed by atoms with Gasteiger partial charge in [0.25, 0.3) is 0 Å². The van der Waals surface area contributed by atoms with Gasteiger partial charge in [-0.25, -0.2) is 0 Å². The minimum absolute atomic E-state index is 0.0721. The number of hydrogen-bond acceptors (Lipinski definition) is 4. The molecule has 0 aromatic carbocycles. The third-order valence-corrected chi connectivity index (χ3v) is 4.24. The molecule has 1 heterocycles. The van der Waals surface area contributed by atoms with Crippen molar-refractivity contribution in [3.63, 3.8) is 0 Å². The van der Waals surface area contributed by atoms with Crippen LogP contribution in [0.15, 0.2) is 0 Å². The zero-order chi connectivity index (χ0) is 15.5. The topological polar surface area (TPSA) is 63.6 Å². The summed E-state index contributed by atoms with van der Waals surface area (Å²) in [6.45, 7) is 1.97. The molecule has 1 N–H and O–H groups in total. The molecule has 0 aromatic rings. The van der Waals surface area contributed by atoms with Crippen LogP contribution >= 0.6 is 0 Å². The molecule has 4 nitrogen and oxygen atoms in total. The van der Waals surface area contributed by atoms with Crippen LogP contribution in [0.2, 0.25) is 0 Å². The van der Waals surface area contributed by atoms with Gasteiger partial charge in [0.2, 0.25) is 0 Å². The second kappa shape index (κ2) is 10.8. The second-order valence-corrected chi connectivity index (χ2v) is 6.07. The highest BCUT2D eigenvalue weighted by molar-refractivity contribution is 5.88. The van der Waals surface area contributed by atoms with Crippen molar-refractivity contribution in [1.29, 1.82) is 0 Å². The van der Waals surface area contributed by atoms with Crippen LogP contribution in [-0.2, 0) is 14.3 Å². The van der Waals surface area contributed by atoms with E-state index in [0.29, 0.717) is 6.42 Å². The molecule has 0 unspecified atom stereocenters. The number of carbonyl (C=O) groups excluding carboxylic acids is 2. The van der Waals surface area contributed by atoms with E-state index in [-0.39, 0.29) is 24.8 Å². The Morgan fingerprint density at radius 1 is 1.10 bits per heavy atom. The number of aliphatic hydroxyl groups excluding tert-OH is 1. The number of unbranched alkanes of at least 4 members (excludes halogenated alkanes) is 8. The molecule has 122 valence electrons. The molecule has 1 aliphatic heterocycles. The fourth-order valence-corrected chi connectivity index (χ4v) is 2.89. The number of aliphatic hydroxyl groups is 1. The molecule has 1 fully saturated rings. The summed E-state index contributed by atoms with van der Waals surface area (Å²) in [4.78, 5) is 23.2. The lowest BCUT2D eigenvalue weighted by molar-refractivity contribution is -0.143. The minimum atomic E-state index is -0.608. The van der Waals surface area contributed by atoms with E-state index in [1.165, 1.54) is 44.9 Å². The number of ketones is 1. The SMILES string of the molecule is CCCCCCCCCCCC(=O)[C@@H]1CC(=O)O[C@@H]1CO. The summed E-state index contributed by atoms with van der Waals surface area (Å²) in [6, 6.07) is 0. The quantitative estimate of drug-likeness (QED) is 0.443. The van der Waals surface area contributed by atoms with Gasteiger partial charge in [-0.1, -0.05) is 58.3 Å². The van der Waals surface area contributed by atoms with Crippen LogP contribution in [0.5, 0.6) is 0 Å². The number of rotatable bonds is 12. The van der Waals surface area contributed by atoms with Crippen LogP contribution in [0.25, 0.3) is 0 Å². The maximum Gasteiger partial charge on any atom is 0.307 e. The molecule has 0 aliphatic carbocycles. The zero-order valence-corrected chi connectivity index (χ0v) is 13.3. The molecule has 1 rings (SSSR count). The molecular formula is C17H30O4. The Kier molecular flexibility index (Phi) is 9.31. The van der Waals surface area contributed by atoms with Gasteiger partial charge in [0.15, 0.2) is 0 Å². The third-order valence-electron chi connectivity index (χ3n) is 4.24. The van der Waals surface area contributed by atoms with E-state index in [0.717, 1.165) is 12.8 Å². The van der Waals surface area contributed by atoms with Crippen LogP contribution in [0, 0.1) is 5.92 Å². The smallest absolute Gasteiger partial charge is 0.307 e. The Labute approximate surface area is 128 Å². The summed E-state index contributed by atoms with van der Waals surface area (Å²) in [5.74, 6) is -0.709. The first-order chi connectivity index (χ1) is 10.2. The van der Waals surface area contributed by atoms with E-state index in [2.05, 4.69) is 6.92 Å². The van der Waals surface area contributed by atoms with Crippen LogP contribution in [0.3, 0.4) is 0 Å². The number of hydrogen-bond donors (Lipinski definition) is 1. The lowest BCUT2D eigenvalue weighted by Crippen LogP contribution is -2.27. The van der Waals surface area contributed by atoms with Crippen molar-refractivity contribution in [1.82, 2.24) is 0 Å². The lowest BCUT2D eigenvalue weighted by atomic mass is 9.93. The van der Waals surface area contributed by atoms with Crippen molar-refractivity contribution >= 4 is 11.8 Å². The average Bonchev–Trinajstić information content (AvgIpc) is 2.86. The monoisotopic (exact) mass is 298 g/mol. The molecule has 1 saturated heterocycles. The number of esters is 1. The highest BCUT2D eigenvalue weighted by Crippen LogP contribution is 2.25. The molecule has 0 aromatic heterocycles. The van der Waals surface area contributed by atoms with Gasteiger partial charge < -0.3 is 9.84 Å². The summed E-state index contributed by atoms with van der Waals surface area (Å²) < 4.78 is 4.93. The number of Topliss-reactive ketones (excluding diaryl/α,β-unsaturated/α-hetero) is 1. The van der Waals surface area contributed by atoms with Crippen molar-refractivity contribution in [2.75, 3.05) is 6.61 Å². The van der Waals surface area contributed by atoms with E-state index >= 15 is 0 Å². The fourth-order valence-electron chi connectivity index (χ4n) is 2.89. The second-order valence-electron chi connectivity index (χ2n) is 6.07. The van der Waals surface area contributed by atoms with E-state index in [1.54, 1.807) is 0 Å². The van der Waals surface area contributed by atoms with Crippen molar-refractivity contribution < 1.29 is 19.4 Å². The van der Waals surface area contributed by atoms with Crippen molar-refractivity contribution in [3.8, 4) is 0 Å². The predicted molar refractivity (Wildman–Crippen MR) is 81.9 cm³/mol. The van der Waals surface area contributed by atoms with Crippen LogP contribution in [0.4, 0.5) is 0 Å². The van der Waals surface area contributed by atoms with Crippen molar-refractivity contribution in [2.45, 2.75) is 83.7 Å². The Hall–Kier alpha value is -0.900. The molecule has 1 aliphatic rings. The van der Waals surface area contributed by atoms with Crippen molar-refractivity contribution in [3.05, 3.63) is 0 Å². The normalized spacial score (nSPS) is 21.5. The number of cyclic esters (lactones) is 1. The summed E-state index contributed by atoms with van der Waals surface area (Å²) in [6.07, 6.45) is 11.0. The molecular weight excluding hydrogens is 268 g/mol. The Morgan fingerprint density at radius 2 is 1.67 bits per heavy atom. The minimum Gasteiger partial charge on any atom is -0.459 e. The fraction of sp³-hybridized carbons (Fsp3) is 0.882. The van der Waals surface area contributed by atoms with E-state index in [4.69, 9.17) is 9.84 Å². The van der Waals surface area contributed by atoms with E-state index in [9.17, 15) is 9.59 Å². The van der Waals surface area contributed by atoms with Gasteiger partial charge >= 0.3 is 5.97 Å². The summed E-state index contributed by atoms with van der Waals surface area (Å²) in [5, 5.41) is 9.10. The summed E-state index contributed by atoms with van der Waals surface area (Å²) in [7, 11) is 0. The maximum atomic E-state index is 12.0. The Morgan fingerprint density at radius 3 is 2.24 bits per heavy atom. The van der Waals surface area contributed by atoms with Gasteiger partial charge in [-0.15, -0.1) is 0 Å². The van der Waals surface area contributed by atoms with Gasteiger partial charge in [-0.05, 0) is 6.42 Å². The van der Waals surface area contributed by atoms with Crippen LogP contribution in [0.1, 0.15) is 77.6 Å². The molecule has 0 radical (unpaired) electrons. The summed E-state index contributed by atoms with van der Waals surface area (Å²) >= 11 is 0. The first kappa shape index (κ1) is 18.1. The van der Waals surface area contributed by atoms with Crippen molar-refractivity contribution in [2.24, 2.45) is 5.92 Å². The average molecular weight is 298 g/mol. The molecule has 0 bridgehead atoms. The van der Waals surface area contributed by atoms with Crippen LogP contribution < -0.4 is 0 Å². The molecule has 0 amide bonds. The number of carbonyl (C=O) groups is 2. The highest BCUT2D eigenvalue weighted by Gasteiger charge is 2.38. The van der Waals surface area contributed by atoms with Gasteiger partial charge in [0.05, 0.1) is 18.9 Å². The lowest BCUT2D eigenvalue weighted by Gasteiger charge is -2.13. The van der Waals surface area contributed by atoms with Gasteiger partial charge in [-0.3, -0.25) is 9.59 Å². The van der Waals surface area contributed by atoms with Gasteiger partial charge in [0.1, 0.15) is 11.9 Å². The Balaban J connectivity index is 2.02. The maximum absolute atomic E-state index is 12.0. The number of ether oxygens (including phenoxy) is 1. The molecule has 0 spiro atoms. The largest absolute Gasteiger partial charge is 0.459 e. The van der Waals surface area contributed by atoms with Gasteiger partial charge in [0, 0.05) is 6.42 Å². The van der Waals surface area contributed by atoms with E-state index < -0.39 is 12.0 Å². The predicted octanol–water partition coefficient (Wildman–Crippen LogP) is 3.40. The Bertz CT molecular complexity index is 314. The van der Waals surface area contributed by atoms with Gasteiger partial charge in [-0.2, -0.15) is 0 Å².